The lowest BCUT2D eigenvalue weighted by molar-refractivity contribution is 0.0524. The number of nitrogens with zero attached hydrogens (tertiary/aromatic N) is 1. The number of rotatable bonds is 6. The molecule has 1 aromatic carbocycles. The molecule has 0 fully saturated rings. The summed E-state index contributed by atoms with van der Waals surface area (Å²) in [5.74, 6) is -0.750. The lowest BCUT2D eigenvalue weighted by Crippen LogP contribution is -2.22. The van der Waals surface area contributed by atoms with E-state index in [4.69, 9.17) is 4.74 Å². The number of anilines is 1. The Morgan fingerprint density at radius 2 is 2.27 bits per heavy atom. The molecule has 0 unspecified atom stereocenters. The van der Waals surface area contributed by atoms with Crippen LogP contribution in [0.4, 0.5) is 10.3 Å². The molecule has 0 saturated carbocycles. The summed E-state index contributed by atoms with van der Waals surface area (Å²) in [4.78, 5) is 29.6. The molecule has 0 radical (unpaired) electrons. The monoisotopic (exact) mass is 305 g/mol. The molecule has 0 aliphatic carbocycles. The van der Waals surface area contributed by atoms with Crippen LogP contribution in [-0.2, 0) is 11.2 Å². The molecule has 22 heavy (non-hydrogen) atoms. The minimum atomic E-state index is -0.706. The molecule has 1 aromatic heterocycles. The second-order valence-electron chi connectivity index (χ2n) is 4.50. The molecule has 0 aliphatic rings. The molecule has 1 heterocycles. The van der Waals surface area contributed by atoms with Gasteiger partial charge in [-0.1, -0.05) is 12.1 Å². The van der Waals surface area contributed by atoms with Crippen LogP contribution in [0, 0.1) is 5.82 Å². The Morgan fingerprint density at radius 1 is 1.45 bits per heavy atom. The summed E-state index contributed by atoms with van der Waals surface area (Å²) in [6.07, 6.45) is 1.74. The van der Waals surface area contributed by atoms with E-state index in [1.807, 2.05) is 6.07 Å². The van der Waals surface area contributed by atoms with Gasteiger partial charge in [-0.2, -0.15) is 0 Å². The van der Waals surface area contributed by atoms with E-state index in [0.29, 0.717) is 13.0 Å². The Labute approximate surface area is 126 Å². The summed E-state index contributed by atoms with van der Waals surface area (Å²) < 4.78 is 17.8. The maximum Gasteiger partial charge on any atom is 0.345 e. The predicted molar refractivity (Wildman–Crippen MR) is 79.4 cm³/mol. The molecule has 2 rings (SSSR count). The Kier molecular flexibility index (Phi) is 5.24. The summed E-state index contributed by atoms with van der Waals surface area (Å²) in [6.45, 7) is 2.30. The zero-order valence-corrected chi connectivity index (χ0v) is 12.1. The van der Waals surface area contributed by atoms with Crippen LogP contribution in [-0.4, -0.2) is 29.1 Å². The van der Waals surface area contributed by atoms with Crippen LogP contribution in [0.5, 0.6) is 0 Å². The maximum absolute atomic E-state index is 13.0. The Hall–Kier alpha value is -2.70. The molecule has 0 atom stereocenters. The summed E-state index contributed by atoms with van der Waals surface area (Å²) in [5, 5.41) is 2.91. The Balaban J connectivity index is 1.95. The van der Waals surface area contributed by atoms with Crippen LogP contribution >= 0.6 is 0 Å². The number of halogens is 1. The number of esters is 1. The van der Waals surface area contributed by atoms with Gasteiger partial charge >= 0.3 is 5.97 Å². The van der Waals surface area contributed by atoms with Gasteiger partial charge in [0.25, 0.3) is 5.56 Å². The zero-order valence-electron chi connectivity index (χ0n) is 12.1. The fourth-order valence-corrected chi connectivity index (χ4v) is 1.86. The number of carbonyl (C=O) groups excluding carboxylic acids is 1. The molecule has 0 bridgehead atoms. The minimum Gasteiger partial charge on any atom is -0.462 e. The number of benzene rings is 1. The fourth-order valence-electron chi connectivity index (χ4n) is 1.86. The standard InChI is InChI=1S/C15H16FN3O3/c1-2-22-14(21)12-9-18-15(19-13(12)20)17-7-6-10-4-3-5-11(16)8-10/h3-5,8-9H,2,6-7H2,1H3,(H2,17,18,19,20). The first-order valence-electron chi connectivity index (χ1n) is 6.85. The van der Waals surface area contributed by atoms with Crippen molar-refractivity contribution in [3.8, 4) is 0 Å². The van der Waals surface area contributed by atoms with Gasteiger partial charge in [-0.05, 0) is 31.0 Å². The lowest BCUT2D eigenvalue weighted by Gasteiger charge is -2.06. The minimum absolute atomic E-state index is 0.141. The summed E-state index contributed by atoms with van der Waals surface area (Å²) in [7, 11) is 0. The van der Waals surface area contributed by atoms with E-state index in [9.17, 15) is 14.0 Å². The van der Waals surface area contributed by atoms with Crippen molar-refractivity contribution in [2.24, 2.45) is 0 Å². The third-order valence-electron chi connectivity index (χ3n) is 2.89. The van der Waals surface area contributed by atoms with Gasteiger partial charge in [-0.3, -0.25) is 9.78 Å². The van der Waals surface area contributed by atoms with Gasteiger partial charge in [0.1, 0.15) is 11.4 Å². The molecular weight excluding hydrogens is 289 g/mol. The number of hydrogen-bond acceptors (Lipinski definition) is 5. The predicted octanol–water partition coefficient (Wildman–Crippen LogP) is 1.74. The average Bonchev–Trinajstić information content (AvgIpc) is 2.47. The smallest absolute Gasteiger partial charge is 0.345 e. The van der Waals surface area contributed by atoms with Gasteiger partial charge in [0.2, 0.25) is 5.95 Å². The van der Waals surface area contributed by atoms with Crippen molar-refractivity contribution in [1.29, 1.82) is 0 Å². The Morgan fingerprint density at radius 3 is 2.95 bits per heavy atom. The highest BCUT2D eigenvalue weighted by Gasteiger charge is 2.12. The largest absolute Gasteiger partial charge is 0.462 e. The second kappa shape index (κ2) is 7.35. The quantitative estimate of drug-likeness (QED) is 0.794. The molecule has 0 spiro atoms. The topological polar surface area (TPSA) is 84.1 Å². The van der Waals surface area contributed by atoms with Crippen LogP contribution in [0.25, 0.3) is 0 Å². The third kappa shape index (κ3) is 4.15. The molecule has 116 valence electrons. The summed E-state index contributed by atoms with van der Waals surface area (Å²) in [5.41, 5.74) is 0.122. The molecule has 0 saturated heterocycles. The van der Waals surface area contributed by atoms with Gasteiger partial charge in [0.05, 0.1) is 12.8 Å². The van der Waals surface area contributed by atoms with E-state index in [1.165, 1.54) is 18.3 Å². The van der Waals surface area contributed by atoms with Crippen LogP contribution < -0.4 is 10.9 Å². The SMILES string of the molecule is CCOC(=O)c1cnc(NCCc2cccc(F)c2)[nH]c1=O. The van der Waals surface area contributed by atoms with Gasteiger partial charge in [0, 0.05) is 6.54 Å². The molecule has 7 heteroatoms. The highest BCUT2D eigenvalue weighted by Crippen LogP contribution is 2.05. The summed E-state index contributed by atoms with van der Waals surface area (Å²) in [6, 6.07) is 6.27. The molecule has 0 amide bonds. The van der Waals surface area contributed by atoms with E-state index in [1.54, 1.807) is 13.0 Å². The zero-order chi connectivity index (χ0) is 15.9. The van der Waals surface area contributed by atoms with Crippen LogP contribution in [0.15, 0.2) is 35.3 Å². The van der Waals surface area contributed by atoms with E-state index in [0.717, 1.165) is 5.56 Å². The van der Waals surface area contributed by atoms with Crippen molar-refractivity contribution in [2.75, 3.05) is 18.5 Å². The van der Waals surface area contributed by atoms with Crippen molar-refractivity contribution in [1.82, 2.24) is 9.97 Å². The number of H-pyrrole nitrogens is 1. The maximum atomic E-state index is 13.0. The van der Waals surface area contributed by atoms with Crippen molar-refractivity contribution >= 4 is 11.9 Å². The number of carbonyl (C=O) groups is 1. The first-order valence-corrected chi connectivity index (χ1v) is 6.85. The average molecular weight is 305 g/mol. The van der Waals surface area contributed by atoms with Gasteiger partial charge in [-0.15, -0.1) is 0 Å². The third-order valence-corrected chi connectivity index (χ3v) is 2.89. The molecule has 0 aliphatic heterocycles. The van der Waals surface area contributed by atoms with Gasteiger partial charge in [0.15, 0.2) is 0 Å². The highest BCUT2D eigenvalue weighted by molar-refractivity contribution is 5.88. The van der Waals surface area contributed by atoms with E-state index < -0.39 is 11.5 Å². The molecule has 2 N–H and O–H groups in total. The molecular formula is C15H16FN3O3. The van der Waals surface area contributed by atoms with E-state index in [-0.39, 0.29) is 23.9 Å². The number of hydrogen-bond donors (Lipinski definition) is 2. The first-order chi connectivity index (χ1) is 10.6. The van der Waals surface area contributed by atoms with Crippen LogP contribution in [0.2, 0.25) is 0 Å². The van der Waals surface area contributed by atoms with Crippen molar-refractivity contribution in [3.05, 3.63) is 57.8 Å². The van der Waals surface area contributed by atoms with Crippen LogP contribution in [0.3, 0.4) is 0 Å². The number of ether oxygens (including phenoxy) is 1. The van der Waals surface area contributed by atoms with E-state index in [2.05, 4.69) is 15.3 Å². The van der Waals surface area contributed by atoms with Crippen molar-refractivity contribution < 1.29 is 13.9 Å². The normalized spacial score (nSPS) is 10.3. The van der Waals surface area contributed by atoms with Crippen LogP contribution in [0.1, 0.15) is 22.8 Å². The highest BCUT2D eigenvalue weighted by atomic mass is 19.1. The van der Waals surface area contributed by atoms with E-state index >= 15 is 0 Å². The number of nitrogens with one attached hydrogen (secondary N) is 2. The lowest BCUT2D eigenvalue weighted by atomic mass is 10.1. The molecule has 2 aromatic rings. The molecule has 6 nitrogen and oxygen atoms in total. The number of aromatic nitrogens is 2. The Bertz CT molecular complexity index is 715. The summed E-state index contributed by atoms with van der Waals surface area (Å²) >= 11 is 0. The fraction of sp³-hybridized carbons (Fsp3) is 0.267. The van der Waals surface area contributed by atoms with Gasteiger partial charge in [-0.25, -0.2) is 14.2 Å². The van der Waals surface area contributed by atoms with Crippen molar-refractivity contribution in [3.63, 3.8) is 0 Å². The first kappa shape index (κ1) is 15.7. The number of aromatic amines is 1. The van der Waals surface area contributed by atoms with Crippen molar-refractivity contribution in [2.45, 2.75) is 13.3 Å². The second-order valence-corrected chi connectivity index (χ2v) is 4.50. The van der Waals surface area contributed by atoms with Gasteiger partial charge < -0.3 is 10.1 Å².